The summed E-state index contributed by atoms with van der Waals surface area (Å²) in [5.74, 6) is -0.408. The van der Waals surface area contributed by atoms with E-state index < -0.39 is 5.91 Å². The van der Waals surface area contributed by atoms with Crippen molar-refractivity contribution in [3.63, 3.8) is 0 Å². The lowest BCUT2D eigenvalue weighted by Gasteiger charge is -2.23. The van der Waals surface area contributed by atoms with Gasteiger partial charge in [-0.1, -0.05) is 12.7 Å². The average molecular weight is 210 g/mol. The lowest BCUT2D eigenvalue weighted by molar-refractivity contribution is -0.264. The van der Waals surface area contributed by atoms with Gasteiger partial charge in [0.25, 0.3) is 0 Å². The van der Waals surface area contributed by atoms with Crippen LogP contribution in [0.15, 0.2) is 36.2 Å². The van der Waals surface area contributed by atoms with E-state index in [9.17, 15) is 4.79 Å². The Morgan fingerprint density at radius 2 is 2.33 bits per heavy atom. The van der Waals surface area contributed by atoms with Gasteiger partial charge in [-0.3, -0.25) is 4.79 Å². The van der Waals surface area contributed by atoms with Gasteiger partial charge in [-0.25, -0.2) is 9.78 Å². The van der Waals surface area contributed by atoms with E-state index in [-0.39, 0.29) is 6.54 Å². The molecular weight excluding hydrogens is 196 g/mol. The Labute approximate surface area is 88.4 Å². The molecule has 0 aromatic rings. The lowest BCUT2D eigenvalue weighted by Crippen LogP contribution is -2.30. The fourth-order valence-corrected chi connectivity index (χ4v) is 1.15. The van der Waals surface area contributed by atoms with E-state index >= 15 is 0 Å². The van der Waals surface area contributed by atoms with Crippen LogP contribution < -0.4 is 5.73 Å². The first-order valence-electron chi connectivity index (χ1n) is 4.41. The molecule has 0 aliphatic carbocycles. The number of carbonyl (C=O) groups excluding carboxylic acids is 1. The molecule has 0 aromatic carbocycles. The third kappa shape index (κ3) is 3.57. The van der Waals surface area contributed by atoms with E-state index in [1.54, 1.807) is 17.2 Å². The van der Waals surface area contributed by atoms with Crippen LogP contribution in [-0.4, -0.2) is 31.1 Å². The molecule has 0 radical (unpaired) electrons. The van der Waals surface area contributed by atoms with Crippen molar-refractivity contribution in [2.24, 2.45) is 5.73 Å². The summed E-state index contributed by atoms with van der Waals surface area (Å²) >= 11 is 0. The van der Waals surface area contributed by atoms with Crippen LogP contribution in [0.25, 0.3) is 0 Å². The molecule has 0 saturated carbocycles. The van der Waals surface area contributed by atoms with Crippen LogP contribution in [0.4, 0.5) is 0 Å². The molecule has 1 amide bonds. The van der Waals surface area contributed by atoms with Gasteiger partial charge in [-0.2, -0.15) is 0 Å². The summed E-state index contributed by atoms with van der Waals surface area (Å²) in [7, 11) is 1.44. The van der Waals surface area contributed by atoms with E-state index in [1.807, 2.05) is 6.08 Å². The number of nitrogens with two attached hydrogens (primary N) is 1. The Kier molecular flexibility index (Phi) is 4.08. The molecule has 0 atom stereocenters. The highest BCUT2D eigenvalue weighted by Crippen LogP contribution is 2.15. The second kappa shape index (κ2) is 5.33. The van der Waals surface area contributed by atoms with Crippen molar-refractivity contribution in [1.82, 2.24) is 4.90 Å². The van der Waals surface area contributed by atoms with Gasteiger partial charge in [0, 0.05) is 11.9 Å². The van der Waals surface area contributed by atoms with Gasteiger partial charge in [0.05, 0.1) is 7.11 Å². The Balaban J connectivity index is 2.62. The molecule has 82 valence electrons. The summed E-state index contributed by atoms with van der Waals surface area (Å²) < 4.78 is 0. The van der Waals surface area contributed by atoms with Crippen molar-refractivity contribution >= 4 is 5.91 Å². The number of hydrogen-bond acceptors (Lipinski definition) is 4. The predicted octanol–water partition coefficient (Wildman–Crippen LogP) is 0.319. The fourth-order valence-electron chi connectivity index (χ4n) is 1.15. The highest BCUT2D eigenvalue weighted by atomic mass is 17.2. The highest BCUT2D eigenvalue weighted by molar-refractivity contribution is 5.76. The normalized spacial score (nSPS) is 15.4. The molecule has 0 fully saturated rings. The number of hydrogen-bond donors (Lipinski definition) is 1. The third-order valence-corrected chi connectivity index (χ3v) is 1.85. The van der Waals surface area contributed by atoms with E-state index in [4.69, 9.17) is 10.6 Å². The van der Waals surface area contributed by atoms with Crippen molar-refractivity contribution in [3.8, 4) is 0 Å². The maximum absolute atomic E-state index is 10.8. The van der Waals surface area contributed by atoms with Crippen LogP contribution in [-0.2, 0) is 14.6 Å². The average Bonchev–Trinajstić information content (AvgIpc) is 2.18. The molecule has 15 heavy (non-hydrogen) atoms. The van der Waals surface area contributed by atoms with Gasteiger partial charge in [-0.15, -0.1) is 0 Å². The Hall–Kier alpha value is -1.59. The summed E-state index contributed by atoms with van der Waals surface area (Å²) in [5.41, 5.74) is 6.70. The first kappa shape index (κ1) is 11.5. The van der Waals surface area contributed by atoms with Crippen molar-refractivity contribution in [2.75, 3.05) is 20.3 Å². The van der Waals surface area contributed by atoms with Crippen LogP contribution in [0.5, 0.6) is 0 Å². The lowest BCUT2D eigenvalue weighted by atomic mass is 10.2. The van der Waals surface area contributed by atoms with Crippen molar-refractivity contribution in [3.05, 3.63) is 36.2 Å². The minimum atomic E-state index is -0.408. The second-order valence-electron chi connectivity index (χ2n) is 3.05. The van der Waals surface area contributed by atoms with E-state index in [0.717, 1.165) is 11.3 Å². The van der Waals surface area contributed by atoms with Crippen LogP contribution >= 0.6 is 0 Å². The third-order valence-electron chi connectivity index (χ3n) is 1.85. The van der Waals surface area contributed by atoms with Crippen LogP contribution in [0.2, 0.25) is 0 Å². The zero-order valence-corrected chi connectivity index (χ0v) is 8.60. The minimum Gasteiger partial charge on any atom is -0.368 e. The molecule has 5 heteroatoms. The van der Waals surface area contributed by atoms with E-state index in [1.165, 1.54) is 7.11 Å². The van der Waals surface area contributed by atoms with Gasteiger partial charge >= 0.3 is 0 Å². The van der Waals surface area contributed by atoms with Gasteiger partial charge in [-0.05, 0) is 11.6 Å². The molecule has 0 spiro atoms. The number of nitrogens with zero attached hydrogens (tertiary/aromatic N) is 1. The standard InChI is InChI=1S/C10H14N2O3/c1-8-3-4-9(7-15-14-2)5-12(8)6-10(11)13/h3-5H,1,6-7H2,2H3,(H2,11,13). The number of carbonyl (C=O) groups is 1. The molecule has 2 N–H and O–H groups in total. The SMILES string of the molecule is C=C1C=CC(COOC)=CN1CC(N)=O. The number of amides is 1. The zero-order valence-electron chi connectivity index (χ0n) is 8.60. The largest absolute Gasteiger partial charge is 0.368 e. The monoisotopic (exact) mass is 210 g/mol. The van der Waals surface area contributed by atoms with Crippen LogP contribution in [0.1, 0.15) is 0 Å². The van der Waals surface area contributed by atoms with E-state index in [0.29, 0.717) is 6.61 Å². The van der Waals surface area contributed by atoms with E-state index in [2.05, 4.69) is 11.5 Å². The summed E-state index contributed by atoms with van der Waals surface area (Å²) in [5, 5.41) is 0. The highest BCUT2D eigenvalue weighted by Gasteiger charge is 2.11. The van der Waals surface area contributed by atoms with Crippen molar-refractivity contribution < 1.29 is 14.6 Å². The van der Waals surface area contributed by atoms with Crippen LogP contribution in [0, 0.1) is 0 Å². The smallest absolute Gasteiger partial charge is 0.237 e. The van der Waals surface area contributed by atoms with Gasteiger partial charge in [0.1, 0.15) is 13.2 Å². The molecule has 1 aliphatic heterocycles. The maximum atomic E-state index is 10.8. The minimum absolute atomic E-state index is 0.111. The van der Waals surface area contributed by atoms with Crippen LogP contribution in [0.3, 0.4) is 0 Å². The van der Waals surface area contributed by atoms with Gasteiger partial charge in [0.2, 0.25) is 5.91 Å². The number of rotatable bonds is 5. The zero-order chi connectivity index (χ0) is 11.3. The molecule has 0 unspecified atom stereocenters. The second-order valence-corrected chi connectivity index (χ2v) is 3.05. The quantitative estimate of drug-likeness (QED) is 0.524. The van der Waals surface area contributed by atoms with Gasteiger partial charge in [0.15, 0.2) is 0 Å². The summed E-state index contributed by atoms with van der Waals surface area (Å²) in [6.45, 7) is 4.20. The molecule has 0 saturated heterocycles. The Bertz CT molecular complexity index is 321. The summed E-state index contributed by atoms with van der Waals surface area (Å²) in [4.78, 5) is 21.7. The summed E-state index contributed by atoms with van der Waals surface area (Å²) in [6, 6.07) is 0. The molecule has 5 nitrogen and oxygen atoms in total. The first-order valence-corrected chi connectivity index (χ1v) is 4.41. The fraction of sp³-hybridized carbons (Fsp3) is 0.300. The Morgan fingerprint density at radius 1 is 1.60 bits per heavy atom. The topological polar surface area (TPSA) is 64.8 Å². The first-order chi connectivity index (χ1) is 7.13. The molecule has 0 bridgehead atoms. The molecule has 1 heterocycles. The molecular formula is C10H14N2O3. The van der Waals surface area contributed by atoms with Crippen molar-refractivity contribution in [2.45, 2.75) is 0 Å². The van der Waals surface area contributed by atoms with Gasteiger partial charge < -0.3 is 10.6 Å². The number of primary amides is 1. The Morgan fingerprint density at radius 3 is 2.93 bits per heavy atom. The molecule has 1 aliphatic rings. The van der Waals surface area contributed by atoms with Crippen molar-refractivity contribution in [1.29, 1.82) is 0 Å². The summed E-state index contributed by atoms with van der Waals surface area (Å²) in [6.07, 6.45) is 5.39. The molecule has 1 rings (SSSR count). The number of allylic oxidation sites excluding steroid dienone is 1. The molecule has 0 aromatic heterocycles. The predicted molar refractivity (Wildman–Crippen MR) is 55.2 cm³/mol. The maximum Gasteiger partial charge on any atom is 0.237 e.